The number of hydrogen-bond acceptors (Lipinski definition) is 5. The molecule has 0 saturated heterocycles. The number of rotatable bonds is 4. The average Bonchev–Trinajstić information content (AvgIpc) is 2.89. The summed E-state index contributed by atoms with van der Waals surface area (Å²) in [5.74, 6) is 0.410. The SMILES string of the molecule is CC1(C)Cc2c(Oc3ccc(/C(N)=N/O)cc3)cc(C(=O)O)cc2O1. The van der Waals surface area contributed by atoms with Crippen molar-refractivity contribution in [2.24, 2.45) is 10.9 Å². The molecule has 3 rings (SSSR count). The molecule has 0 bridgehead atoms. The Morgan fingerprint density at radius 1 is 1.24 bits per heavy atom. The first-order valence-corrected chi connectivity index (χ1v) is 7.64. The highest BCUT2D eigenvalue weighted by atomic mass is 16.5. The molecule has 1 aliphatic heterocycles. The van der Waals surface area contributed by atoms with E-state index < -0.39 is 11.6 Å². The van der Waals surface area contributed by atoms with Crippen LogP contribution in [-0.2, 0) is 6.42 Å². The number of aromatic carboxylic acids is 1. The highest BCUT2D eigenvalue weighted by Crippen LogP contribution is 2.42. The van der Waals surface area contributed by atoms with Gasteiger partial charge in [-0.15, -0.1) is 0 Å². The number of carboxylic acid groups (broad SMARTS) is 1. The Kier molecular flexibility index (Phi) is 4.00. The molecular weight excluding hydrogens is 324 g/mol. The first-order chi connectivity index (χ1) is 11.8. The molecule has 2 aromatic carbocycles. The molecule has 0 fully saturated rings. The molecule has 0 radical (unpaired) electrons. The van der Waals surface area contributed by atoms with Gasteiger partial charge in [-0.1, -0.05) is 5.16 Å². The molecule has 2 aromatic rings. The zero-order valence-electron chi connectivity index (χ0n) is 13.8. The van der Waals surface area contributed by atoms with Gasteiger partial charge in [0.05, 0.1) is 5.56 Å². The number of benzene rings is 2. The van der Waals surface area contributed by atoms with Crippen LogP contribution < -0.4 is 15.2 Å². The van der Waals surface area contributed by atoms with Gasteiger partial charge in [0.25, 0.3) is 0 Å². The van der Waals surface area contributed by atoms with Gasteiger partial charge in [0, 0.05) is 17.5 Å². The number of hydrogen-bond donors (Lipinski definition) is 3. The Morgan fingerprint density at radius 3 is 2.52 bits per heavy atom. The molecule has 1 aliphatic rings. The number of carbonyl (C=O) groups is 1. The summed E-state index contributed by atoms with van der Waals surface area (Å²) in [4.78, 5) is 11.4. The molecule has 7 nitrogen and oxygen atoms in total. The molecule has 0 aromatic heterocycles. The Morgan fingerprint density at radius 2 is 1.92 bits per heavy atom. The molecule has 0 spiro atoms. The summed E-state index contributed by atoms with van der Waals surface area (Å²) >= 11 is 0. The Hall–Kier alpha value is -3.22. The van der Waals surface area contributed by atoms with Gasteiger partial charge in [0.2, 0.25) is 0 Å². The molecule has 0 saturated carbocycles. The van der Waals surface area contributed by atoms with Gasteiger partial charge in [-0.3, -0.25) is 0 Å². The fourth-order valence-corrected chi connectivity index (χ4v) is 2.74. The van der Waals surface area contributed by atoms with E-state index in [1.807, 2.05) is 13.8 Å². The maximum Gasteiger partial charge on any atom is 0.335 e. The highest BCUT2D eigenvalue weighted by Gasteiger charge is 2.33. The zero-order valence-corrected chi connectivity index (χ0v) is 13.8. The van der Waals surface area contributed by atoms with Gasteiger partial charge in [-0.2, -0.15) is 0 Å². The molecule has 7 heteroatoms. The van der Waals surface area contributed by atoms with E-state index in [0.29, 0.717) is 29.2 Å². The quantitative estimate of drug-likeness (QED) is 0.341. The monoisotopic (exact) mass is 342 g/mol. The van der Waals surface area contributed by atoms with Crippen LogP contribution in [0.25, 0.3) is 0 Å². The summed E-state index contributed by atoms with van der Waals surface area (Å²) in [6.45, 7) is 3.87. The van der Waals surface area contributed by atoms with E-state index in [4.69, 9.17) is 20.4 Å². The topological polar surface area (TPSA) is 114 Å². The number of amidine groups is 1. The first kappa shape index (κ1) is 16.6. The molecule has 0 amide bonds. The van der Waals surface area contributed by atoms with E-state index in [-0.39, 0.29) is 11.4 Å². The molecule has 0 atom stereocenters. The molecule has 25 heavy (non-hydrogen) atoms. The van der Waals surface area contributed by atoms with Gasteiger partial charge < -0.3 is 25.5 Å². The first-order valence-electron chi connectivity index (χ1n) is 7.64. The van der Waals surface area contributed by atoms with E-state index in [1.165, 1.54) is 12.1 Å². The lowest BCUT2D eigenvalue weighted by Gasteiger charge is -2.16. The van der Waals surface area contributed by atoms with Crippen LogP contribution in [0.3, 0.4) is 0 Å². The standard InChI is InChI=1S/C18H18N2O5/c1-18(2)9-13-14(7-11(17(21)22)8-15(13)25-18)24-12-5-3-10(4-6-12)16(19)20-23/h3-8,23H,9H2,1-2H3,(H2,19,20)(H,21,22). The second-order valence-electron chi connectivity index (χ2n) is 6.41. The Balaban J connectivity index is 1.96. The smallest absolute Gasteiger partial charge is 0.335 e. The molecule has 0 aliphatic carbocycles. The molecule has 0 unspecified atom stereocenters. The van der Waals surface area contributed by atoms with Gasteiger partial charge in [-0.25, -0.2) is 4.79 Å². The van der Waals surface area contributed by atoms with E-state index in [1.54, 1.807) is 24.3 Å². The van der Waals surface area contributed by atoms with Crippen LogP contribution in [0.2, 0.25) is 0 Å². The fourth-order valence-electron chi connectivity index (χ4n) is 2.74. The van der Waals surface area contributed by atoms with Gasteiger partial charge >= 0.3 is 5.97 Å². The largest absolute Gasteiger partial charge is 0.487 e. The van der Waals surface area contributed by atoms with Crippen molar-refractivity contribution in [3.8, 4) is 17.2 Å². The van der Waals surface area contributed by atoms with Gasteiger partial charge in [-0.05, 0) is 50.2 Å². The van der Waals surface area contributed by atoms with Crippen LogP contribution in [0.4, 0.5) is 0 Å². The van der Waals surface area contributed by atoms with Gasteiger partial charge in [0.1, 0.15) is 22.8 Å². The van der Waals surface area contributed by atoms with Crippen molar-refractivity contribution in [3.63, 3.8) is 0 Å². The van der Waals surface area contributed by atoms with Crippen LogP contribution in [0.15, 0.2) is 41.6 Å². The maximum absolute atomic E-state index is 11.4. The lowest BCUT2D eigenvalue weighted by molar-refractivity contribution is 0.0695. The van der Waals surface area contributed by atoms with Crippen LogP contribution in [0, 0.1) is 0 Å². The van der Waals surface area contributed by atoms with Gasteiger partial charge in [0.15, 0.2) is 5.84 Å². The van der Waals surface area contributed by atoms with Crippen LogP contribution in [0.5, 0.6) is 17.2 Å². The number of ether oxygens (including phenoxy) is 2. The maximum atomic E-state index is 11.4. The third-order valence-corrected chi connectivity index (χ3v) is 3.89. The zero-order chi connectivity index (χ0) is 18.2. The number of nitrogens with zero attached hydrogens (tertiary/aromatic N) is 1. The summed E-state index contributed by atoms with van der Waals surface area (Å²) in [6.07, 6.45) is 0.611. The molecule has 4 N–H and O–H groups in total. The highest BCUT2D eigenvalue weighted by molar-refractivity contribution is 5.97. The second kappa shape index (κ2) is 6.01. The minimum atomic E-state index is -1.05. The third kappa shape index (κ3) is 3.35. The predicted octanol–water partition coefficient (Wildman–Crippen LogP) is 2.99. The van der Waals surface area contributed by atoms with E-state index in [0.717, 1.165) is 5.56 Å². The Bertz CT molecular complexity index is 857. The predicted molar refractivity (Wildman–Crippen MR) is 90.8 cm³/mol. The van der Waals surface area contributed by atoms with Crippen molar-refractivity contribution in [2.45, 2.75) is 25.9 Å². The second-order valence-corrected chi connectivity index (χ2v) is 6.41. The van der Waals surface area contributed by atoms with Crippen molar-refractivity contribution in [2.75, 3.05) is 0 Å². The number of nitrogens with two attached hydrogens (primary N) is 1. The Labute approximate surface area is 144 Å². The van der Waals surface area contributed by atoms with E-state index >= 15 is 0 Å². The fraction of sp³-hybridized carbons (Fsp3) is 0.222. The molecule has 130 valence electrons. The minimum absolute atomic E-state index is 0.00420. The van der Waals surface area contributed by atoms with Crippen LogP contribution >= 0.6 is 0 Å². The van der Waals surface area contributed by atoms with Crippen LogP contribution in [-0.4, -0.2) is 27.7 Å². The minimum Gasteiger partial charge on any atom is -0.487 e. The van der Waals surface area contributed by atoms with Crippen molar-refractivity contribution in [3.05, 3.63) is 53.1 Å². The lowest BCUT2D eigenvalue weighted by Crippen LogP contribution is -2.24. The van der Waals surface area contributed by atoms with E-state index in [9.17, 15) is 9.90 Å². The lowest BCUT2D eigenvalue weighted by atomic mass is 10.00. The van der Waals surface area contributed by atoms with Crippen molar-refractivity contribution >= 4 is 11.8 Å². The van der Waals surface area contributed by atoms with Crippen molar-refractivity contribution in [1.29, 1.82) is 0 Å². The summed E-state index contributed by atoms with van der Waals surface area (Å²) in [5.41, 5.74) is 6.58. The summed E-state index contributed by atoms with van der Waals surface area (Å²) in [5, 5.41) is 20.9. The third-order valence-electron chi connectivity index (χ3n) is 3.89. The number of carboxylic acids is 1. The average molecular weight is 342 g/mol. The summed E-state index contributed by atoms with van der Waals surface area (Å²) in [6, 6.07) is 9.62. The van der Waals surface area contributed by atoms with E-state index in [2.05, 4.69) is 5.16 Å². The molecular formula is C18H18N2O5. The van der Waals surface area contributed by atoms with Crippen LogP contribution in [0.1, 0.15) is 35.3 Å². The normalized spacial score (nSPS) is 15.4. The van der Waals surface area contributed by atoms with Crippen molar-refractivity contribution in [1.82, 2.24) is 0 Å². The number of fused-ring (bicyclic) bond motifs is 1. The van der Waals surface area contributed by atoms with Crippen molar-refractivity contribution < 1.29 is 24.6 Å². The number of oxime groups is 1. The molecule has 1 heterocycles. The summed E-state index contributed by atoms with van der Waals surface area (Å²) < 4.78 is 11.7. The summed E-state index contributed by atoms with van der Waals surface area (Å²) in [7, 11) is 0.